The highest BCUT2D eigenvalue weighted by molar-refractivity contribution is 6.31. The lowest BCUT2D eigenvalue weighted by Gasteiger charge is -2.12. The largest absolute Gasteiger partial charge is 0.207 e. The molecule has 0 saturated carbocycles. The predicted octanol–water partition coefficient (Wildman–Crippen LogP) is 4.20. The van der Waals surface area contributed by atoms with Gasteiger partial charge in [0.2, 0.25) is 0 Å². The van der Waals surface area contributed by atoms with Gasteiger partial charge in [-0.1, -0.05) is 29.8 Å². The fourth-order valence-electron chi connectivity index (χ4n) is 1.99. The number of hydrogen-bond acceptors (Lipinski definition) is 2. The van der Waals surface area contributed by atoms with Crippen molar-refractivity contribution >= 4 is 11.6 Å². The van der Waals surface area contributed by atoms with Crippen LogP contribution in [0.3, 0.4) is 0 Å². The van der Waals surface area contributed by atoms with Gasteiger partial charge in [0, 0.05) is 10.6 Å². The fourth-order valence-corrected chi connectivity index (χ4v) is 2.23. The van der Waals surface area contributed by atoms with E-state index in [1.54, 1.807) is 30.3 Å². The first-order valence-electron chi connectivity index (χ1n) is 5.98. The Hall–Kier alpha value is -2.36. The van der Waals surface area contributed by atoms with Crippen LogP contribution in [0.15, 0.2) is 42.5 Å². The molecule has 0 radical (unpaired) electrons. The van der Waals surface area contributed by atoms with Crippen molar-refractivity contribution in [1.82, 2.24) is 0 Å². The maximum absolute atomic E-state index is 13.8. The van der Waals surface area contributed by atoms with Crippen LogP contribution < -0.4 is 0 Å². The summed E-state index contributed by atoms with van der Waals surface area (Å²) in [7, 11) is 0. The van der Waals surface area contributed by atoms with Crippen molar-refractivity contribution in [1.29, 1.82) is 10.5 Å². The normalized spacial score (nSPS) is 11.4. The van der Waals surface area contributed by atoms with Gasteiger partial charge >= 0.3 is 0 Å². The molecule has 4 heteroatoms. The Morgan fingerprint density at radius 3 is 2.55 bits per heavy atom. The van der Waals surface area contributed by atoms with E-state index in [1.165, 1.54) is 12.1 Å². The summed E-state index contributed by atoms with van der Waals surface area (Å²) in [6.07, 6.45) is 0.177. The molecular formula is C16H10ClFN2. The monoisotopic (exact) mass is 284 g/mol. The van der Waals surface area contributed by atoms with E-state index in [0.29, 0.717) is 21.7 Å². The summed E-state index contributed by atoms with van der Waals surface area (Å²) < 4.78 is 13.8. The van der Waals surface area contributed by atoms with E-state index in [-0.39, 0.29) is 6.42 Å². The van der Waals surface area contributed by atoms with Crippen LogP contribution in [-0.2, 0) is 6.42 Å². The molecule has 0 aliphatic heterocycles. The van der Waals surface area contributed by atoms with Crippen molar-refractivity contribution in [3.8, 4) is 12.1 Å². The van der Waals surface area contributed by atoms with Crippen molar-refractivity contribution in [3.63, 3.8) is 0 Å². The van der Waals surface area contributed by atoms with Crippen LogP contribution in [0.5, 0.6) is 0 Å². The Morgan fingerprint density at radius 2 is 1.90 bits per heavy atom. The van der Waals surface area contributed by atoms with Crippen LogP contribution >= 0.6 is 11.6 Å². The van der Waals surface area contributed by atoms with Crippen LogP contribution in [-0.4, -0.2) is 0 Å². The van der Waals surface area contributed by atoms with E-state index in [9.17, 15) is 9.65 Å². The summed E-state index contributed by atoms with van der Waals surface area (Å²) in [5.41, 5.74) is 1.48. The van der Waals surface area contributed by atoms with Gasteiger partial charge in [-0.25, -0.2) is 4.39 Å². The van der Waals surface area contributed by atoms with Gasteiger partial charge in [0.25, 0.3) is 0 Å². The van der Waals surface area contributed by atoms with E-state index in [4.69, 9.17) is 16.9 Å². The van der Waals surface area contributed by atoms with Gasteiger partial charge in [-0.3, -0.25) is 0 Å². The fraction of sp³-hybridized carbons (Fsp3) is 0.125. The Balaban J connectivity index is 2.35. The number of hydrogen-bond donors (Lipinski definition) is 0. The summed E-state index contributed by atoms with van der Waals surface area (Å²) in [5, 5.41) is 18.5. The second kappa shape index (κ2) is 6.19. The maximum Gasteiger partial charge on any atom is 0.127 e. The topological polar surface area (TPSA) is 47.6 Å². The molecule has 2 rings (SSSR count). The Morgan fingerprint density at radius 1 is 1.15 bits per heavy atom. The standard InChI is InChI=1S/C16H10ClFN2/c17-15-5-2-6-16(18)14(15)8-13(10-20)12-4-1-3-11(7-12)9-19/h1-7,13H,8H2. The summed E-state index contributed by atoms with van der Waals surface area (Å²) in [4.78, 5) is 0. The second-order valence-corrected chi connectivity index (χ2v) is 4.73. The average molecular weight is 285 g/mol. The van der Waals surface area contributed by atoms with Gasteiger partial charge in [-0.15, -0.1) is 0 Å². The molecule has 98 valence electrons. The molecule has 1 atom stereocenters. The molecule has 0 heterocycles. The second-order valence-electron chi connectivity index (χ2n) is 4.32. The predicted molar refractivity (Wildman–Crippen MR) is 74.6 cm³/mol. The quantitative estimate of drug-likeness (QED) is 0.848. The number of benzene rings is 2. The molecule has 2 nitrogen and oxygen atoms in total. The lowest BCUT2D eigenvalue weighted by atomic mass is 9.92. The lowest BCUT2D eigenvalue weighted by Crippen LogP contribution is -2.03. The van der Waals surface area contributed by atoms with Crippen molar-refractivity contribution < 1.29 is 4.39 Å². The molecule has 1 unspecified atom stereocenters. The van der Waals surface area contributed by atoms with Crippen LogP contribution in [0.25, 0.3) is 0 Å². The number of rotatable bonds is 3. The minimum Gasteiger partial charge on any atom is -0.207 e. The Labute approximate surface area is 121 Å². The summed E-state index contributed by atoms with van der Waals surface area (Å²) in [6.45, 7) is 0. The molecule has 0 amide bonds. The van der Waals surface area contributed by atoms with Gasteiger partial charge in [-0.2, -0.15) is 10.5 Å². The molecule has 0 aromatic heterocycles. The molecule has 20 heavy (non-hydrogen) atoms. The van der Waals surface area contributed by atoms with Gasteiger partial charge in [-0.05, 0) is 36.2 Å². The molecule has 0 saturated heterocycles. The summed E-state index contributed by atoms with van der Waals surface area (Å²) in [6, 6.07) is 15.4. The molecule has 2 aromatic carbocycles. The minimum atomic E-state index is -0.544. The zero-order chi connectivity index (χ0) is 14.5. The van der Waals surface area contributed by atoms with Gasteiger partial charge in [0.1, 0.15) is 5.82 Å². The van der Waals surface area contributed by atoms with Crippen molar-refractivity contribution in [2.45, 2.75) is 12.3 Å². The molecule has 0 bridgehead atoms. The first kappa shape index (κ1) is 14.1. The van der Waals surface area contributed by atoms with Crippen LogP contribution in [0.4, 0.5) is 4.39 Å². The van der Waals surface area contributed by atoms with E-state index < -0.39 is 11.7 Å². The smallest absolute Gasteiger partial charge is 0.127 e. The Bertz CT molecular complexity index is 693. The van der Waals surface area contributed by atoms with Crippen molar-refractivity contribution in [3.05, 3.63) is 70.0 Å². The Kier molecular flexibility index (Phi) is 4.35. The van der Waals surface area contributed by atoms with Gasteiger partial charge in [0.05, 0.1) is 23.6 Å². The van der Waals surface area contributed by atoms with Crippen molar-refractivity contribution in [2.24, 2.45) is 0 Å². The molecular weight excluding hydrogens is 275 g/mol. The lowest BCUT2D eigenvalue weighted by molar-refractivity contribution is 0.604. The maximum atomic E-state index is 13.8. The molecule has 0 fully saturated rings. The first-order chi connectivity index (χ1) is 9.65. The average Bonchev–Trinajstić information content (AvgIpc) is 2.47. The van der Waals surface area contributed by atoms with Crippen LogP contribution in [0, 0.1) is 28.5 Å². The van der Waals surface area contributed by atoms with Gasteiger partial charge in [0.15, 0.2) is 0 Å². The summed E-state index contributed by atoms with van der Waals surface area (Å²) >= 11 is 5.97. The first-order valence-corrected chi connectivity index (χ1v) is 6.36. The highest BCUT2D eigenvalue weighted by Gasteiger charge is 2.16. The third-order valence-electron chi connectivity index (χ3n) is 3.04. The summed E-state index contributed by atoms with van der Waals surface area (Å²) in [5.74, 6) is -0.966. The third-order valence-corrected chi connectivity index (χ3v) is 3.40. The minimum absolute atomic E-state index is 0.177. The van der Waals surface area contributed by atoms with E-state index in [1.807, 2.05) is 6.07 Å². The number of halogens is 2. The molecule has 2 aromatic rings. The molecule has 0 aliphatic rings. The van der Waals surface area contributed by atoms with Crippen molar-refractivity contribution in [2.75, 3.05) is 0 Å². The van der Waals surface area contributed by atoms with Crippen LogP contribution in [0.2, 0.25) is 5.02 Å². The van der Waals surface area contributed by atoms with E-state index in [0.717, 1.165) is 0 Å². The number of nitrogens with zero attached hydrogens (tertiary/aromatic N) is 2. The van der Waals surface area contributed by atoms with Crippen LogP contribution in [0.1, 0.15) is 22.6 Å². The molecule has 0 N–H and O–H groups in total. The highest BCUT2D eigenvalue weighted by atomic mass is 35.5. The highest BCUT2D eigenvalue weighted by Crippen LogP contribution is 2.27. The number of nitriles is 2. The van der Waals surface area contributed by atoms with E-state index in [2.05, 4.69) is 6.07 Å². The SMILES string of the molecule is N#Cc1cccc(C(C#N)Cc2c(F)cccc2Cl)c1. The third kappa shape index (κ3) is 2.96. The van der Waals surface area contributed by atoms with E-state index >= 15 is 0 Å². The van der Waals surface area contributed by atoms with Gasteiger partial charge < -0.3 is 0 Å². The zero-order valence-electron chi connectivity index (χ0n) is 10.5. The zero-order valence-corrected chi connectivity index (χ0v) is 11.2. The molecule has 0 aliphatic carbocycles. The molecule has 0 spiro atoms.